The molecule has 0 radical (unpaired) electrons. The van der Waals surface area contributed by atoms with Crippen LogP contribution in [0.15, 0.2) is 0 Å². The Labute approximate surface area is 68.8 Å². The van der Waals surface area contributed by atoms with Crippen molar-refractivity contribution in [2.75, 3.05) is 0 Å². The first-order valence-electron chi connectivity index (χ1n) is 3.25. The topological polar surface area (TPSA) is 50.2 Å². The number of carboxylic acids is 1. The minimum Gasteiger partial charge on any atom is -0.481 e. The third kappa shape index (κ3) is 1.77. The molecule has 0 saturated carbocycles. The van der Waals surface area contributed by atoms with Crippen molar-refractivity contribution in [1.29, 1.82) is 0 Å². The van der Waals surface area contributed by atoms with E-state index in [4.69, 9.17) is 5.11 Å². The van der Waals surface area contributed by atoms with Gasteiger partial charge >= 0.3 is 5.97 Å². The van der Waals surface area contributed by atoms with Crippen molar-refractivity contribution in [2.45, 2.75) is 20.3 Å². The zero-order valence-electron chi connectivity index (χ0n) is 6.42. The van der Waals surface area contributed by atoms with Crippen LogP contribution in [-0.4, -0.2) is 15.4 Å². The van der Waals surface area contributed by atoms with E-state index >= 15 is 0 Å². The first kappa shape index (κ1) is 8.20. The predicted octanol–water partition coefficient (Wildman–Crippen LogP) is 1.39. The highest BCUT2D eigenvalue weighted by atomic mass is 32.1. The number of carbonyl (C=O) groups is 1. The van der Waals surface area contributed by atoms with E-state index in [2.05, 4.69) is 4.37 Å². The third-order valence-electron chi connectivity index (χ3n) is 1.57. The van der Waals surface area contributed by atoms with Gasteiger partial charge in [-0.3, -0.25) is 4.79 Å². The second kappa shape index (κ2) is 3.00. The molecule has 3 nitrogen and oxygen atoms in total. The van der Waals surface area contributed by atoms with Crippen LogP contribution in [0.4, 0.5) is 0 Å². The van der Waals surface area contributed by atoms with Gasteiger partial charge in [-0.15, -0.1) is 0 Å². The summed E-state index contributed by atoms with van der Waals surface area (Å²) in [6.07, 6.45) is 0.0379. The summed E-state index contributed by atoms with van der Waals surface area (Å²) in [5.41, 5.74) is 1.71. The Morgan fingerprint density at radius 1 is 1.64 bits per heavy atom. The molecule has 0 fully saturated rings. The zero-order chi connectivity index (χ0) is 8.43. The monoisotopic (exact) mass is 171 g/mol. The van der Waals surface area contributed by atoms with Gasteiger partial charge < -0.3 is 5.11 Å². The van der Waals surface area contributed by atoms with Gasteiger partial charge in [-0.1, -0.05) is 0 Å². The normalized spacial score (nSPS) is 10.0. The Kier molecular flexibility index (Phi) is 2.24. The van der Waals surface area contributed by atoms with Crippen LogP contribution in [0.25, 0.3) is 0 Å². The second-order valence-corrected chi connectivity index (χ2v) is 3.36. The molecule has 0 aliphatic carbocycles. The summed E-state index contributed by atoms with van der Waals surface area (Å²) in [7, 11) is 0. The maximum Gasteiger partial charge on any atom is 0.309 e. The maximum atomic E-state index is 10.3. The van der Waals surface area contributed by atoms with E-state index in [1.807, 2.05) is 13.8 Å². The lowest BCUT2D eigenvalue weighted by Crippen LogP contribution is -2.01. The molecule has 0 saturated heterocycles. The highest BCUT2D eigenvalue weighted by Gasteiger charge is 2.08. The Morgan fingerprint density at radius 3 is 2.64 bits per heavy atom. The molecule has 0 spiro atoms. The lowest BCUT2D eigenvalue weighted by Gasteiger charge is -1.91. The number of carboxylic acid groups (broad SMARTS) is 1. The van der Waals surface area contributed by atoms with Gasteiger partial charge in [-0.05, 0) is 30.9 Å². The van der Waals surface area contributed by atoms with Gasteiger partial charge in [0.15, 0.2) is 0 Å². The Morgan fingerprint density at radius 2 is 2.27 bits per heavy atom. The number of hydrogen-bond acceptors (Lipinski definition) is 3. The molecule has 0 bridgehead atoms. The lowest BCUT2D eigenvalue weighted by atomic mass is 10.2. The summed E-state index contributed by atoms with van der Waals surface area (Å²) in [6.45, 7) is 3.84. The molecule has 0 unspecified atom stereocenters. The quantitative estimate of drug-likeness (QED) is 0.731. The molecule has 0 aromatic carbocycles. The largest absolute Gasteiger partial charge is 0.481 e. The predicted molar refractivity (Wildman–Crippen MR) is 42.9 cm³/mol. The molecule has 11 heavy (non-hydrogen) atoms. The average molecular weight is 171 g/mol. The Hall–Kier alpha value is -0.900. The molecule has 1 rings (SSSR count). The van der Waals surface area contributed by atoms with E-state index in [9.17, 15) is 4.79 Å². The van der Waals surface area contributed by atoms with E-state index in [0.717, 1.165) is 10.4 Å². The van der Waals surface area contributed by atoms with Crippen LogP contribution in [0.5, 0.6) is 0 Å². The minimum atomic E-state index is -0.821. The molecule has 1 aromatic heterocycles. The molecule has 1 heterocycles. The van der Waals surface area contributed by atoms with E-state index in [-0.39, 0.29) is 6.42 Å². The van der Waals surface area contributed by atoms with Crippen molar-refractivity contribution < 1.29 is 9.90 Å². The first-order chi connectivity index (χ1) is 5.11. The molecule has 0 aliphatic heterocycles. The van der Waals surface area contributed by atoms with Crippen molar-refractivity contribution in [3.05, 3.63) is 16.1 Å². The number of rotatable bonds is 2. The molecular formula is C7H9NO2S. The molecule has 1 N–H and O–H groups in total. The van der Waals surface area contributed by atoms with Gasteiger partial charge in [0, 0.05) is 4.88 Å². The fourth-order valence-corrected chi connectivity index (χ4v) is 1.48. The molecule has 60 valence electrons. The van der Waals surface area contributed by atoms with E-state index in [1.165, 1.54) is 11.5 Å². The number of aromatic nitrogens is 1. The van der Waals surface area contributed by atoms with Crippen molar-refractivity contribution >= 4 is 17.5 Å². The zero-order valence-corrected chi connectivity index (χ0v) is 7.23. The van der Waals surface area contributed by atoms with Crippen molar-refractivity contribution in [1.82, 2.24) is 4.37 Å². The number of aryl methyl sites for hydroxylation is 1. The van der Waals surface area contributed by atoms with Gasteiger partial charge in [0.05, 0.1) is 12.1 Å². The molecule has 0 atom stereocenters. The smallest absolute Gasteiger partial charge is 0.309 e. The first-order valence-corrected chi connectivity index (χ1v) is 4.02. The third-order valence-corrected chi connectivity index (χ3v) is 2.46. The standard InChI is InChI=1S/C7H9NO2S/c1-4-5(2)11-8-6(4)3-7(9)10/h3H2,1-2H3,(H,9,10). The highest BCUT2D eigenvalue weighted by Crippen LogP contribution is 2.16. The SMILES string of the molecule is Cc1snc(CC(=O)O)c1C. The number of hydrogen-bond donors (Lipinski definition) is 1. The fourth-order valence-electron chi connectivity index (χ4n) is 0.772. The molecule has 1 aromatic rings. The van der Waals surface area contributed by atoms with Crippen molar-refractivity contribution in [3.8, 4) is 0 Å². The Balaban J connectivity index is 2.87. The van der Waals surface area contributed by atoms with Crippen molar-refractivity contribution in [2.24, 2.45) is 0 Å². The summed E-state index contributed by atoms with van der Waals surface area (Å²) in [6, 6.07) is 0. The van der Waals surface area contributed by atoms with Gasteiger partial charge in [0.2, 0.25) is 0 Å². The van der Waals surface area contributed by atoms with Crippen LogP contribution < -0.4 is 0 Å². The molecular weight excluding hydrogens is 162 g/mol. The van der Waals surface area contributed by atoms with Crippen LogP contribution in [0.3, 0.4) is 0 Å². The van der Waals surface area contributed by atoms with E-state index < -0.39 is 5.97 Å². The van der Waals surface area contributed by atoms with Crippen molar-refractivity contribution in [3.63, 3.8) is 0 Å². The summed E-state index contributed by atoms with van der Waals surface area (Å²) in [5, 5.41) is 8.47. The van der Waals surface area contributed by atoms with E-state index in [0.29, 0.717) is 5.69 Å². The summed E-state index contributed by atoms with van der Waals surface area (Å²) < 4.78 is 4.02. The number of aliphatic carboxylic acids is 1. The molecule has 0 amide bonds. The summed E-state index contributed by atoms with van der Waals surface area (Å²) >= 11 is 1.36. The van der Waals surface area contributed by atoms with Gasteiger partial charge in [0.1, 0.15) is 0 Å². The van der Waals surface area contributed by atoms with E-state index in [1.54, 1.807) is 0 Å². The fraction of sp³-hybridized carbons (Fsp3) is 0.429. The van der Waals surface area contributed by atoms with Crippen LogP contribution in [0, 0.1) is 13.8 Å². The molecule has 0 aliphatic rings. The van der Waals surface area contributed by atoms with Gasteiger partial charge in [0.25, 0.3) is 0 Å². The maximum absolute atomic E-state index is 10.3. The van der Waals surface area contributed by atoms with Crippen LogP contribution in [0.2, 0.25) is 0 Å². The van der Waals surface area contributed by atoms with Crippen LogP contribution in [-0.2, 0) is 11.2 Å². The highest BCUT2D eigenvalue weighted by molar-refractivity contribution is 7.05. The van der Waals surface area contributed by atoms with Crippen LogP contribution in [0.1, 0.15) is 16.1 Å². The average Bonchev–Trinajstić information content (AvgIpc) is 2.18. The second-order valence-electron chi connectivity index (χ2n) is 2.38. The number of nitrogens with zero attached hydrogens (tertiary/aromatic N) is 1. The Bertz CT molecular complexity index is 280. The van der Waals surface area contributed by atoms with Gasteiger partial charge in [-0.25, -0.2) is 0 Å². The molecule has 4 heteroatoms. The van der Waals surface area contributed by atoms with Crippen LogP contribution >= 0.6 is 11.5 Å². The summed E-state index contributed by atoms with van der Waals surface area (Å²) in [5.74, 6) is -0.821. The lowest BCUT2D eigenvalue weighted by molar-refractivity contribution is -0.136. The van der Waals surface area contributed by atoms with Gasteiger partial charge in [-0.2, -0.15) is 4.37 Å². The summed E-state index contributed by atoms with van der Waals surface area (Å²) in [4.78, 5) is 11.4. The minimum absolute atomic E-state index is 0.0379.